The molecule has 176 valence electrons. The van der Waals surface area contributed by atoms with Crippen LogP contribution >= 0.6 is 11.6 Å². The van der Waals surface area contributed by atoms with Gasteiger partial charge in [0.25, 0.3) is 5.91 Å². The van der Waals surface area contributed by atoms with E-state index in [1.165, 1.54) is 18.3 Å². The number of likely N-dealkylation sites (tertiary alicyclic amines) is 1. The number of halogens is 2. The van der Waals surface area contributed by atoms with Gasteiger partial charge in [-0.25, -0.2) is 14.8 Å². The molecule has 34 heavy (non-hydrogen) atoms. The number of hydrazone groups is 1. The number of carbonyl (C=O) groups is 1. The number of aromatic nitrogens is 1. The number of rotatable bonds is 7. The second kappa shape index (κ2) is 11.2. The van der Waals surface area contributed by atoms with Crippen LogP contribution in [0.2, 0.25) is 5.02 Å². The maximum Gasteiger partial charge on any atom is 0.289 e. The normalized spacial score (nSPS) is 15.2. The first-order valence-electron chi connectivity index (χ1n) is 11.3. The molecule has 0 saturated carbocycles. The molecule has 1 aromatic heterocycles. The molecular formula is C26H27ClFN5O. The third-order valence-electron chi connectivity index (χ3n) is 5.97. The quantitative estimate of drug-likeness (QED) is 0.340. The van der Waals surface area contributed by atoms with Crippen molar-refractivity contribution in [2.75, 3.05) is 18.4 Å². The molecule has 2 N–H and O–H groups in total. The minimum atomic E-state index is -0.368. The molecule has 1 aliphatic heterocycles. The maximum absolute atomic E-state index is 13.3. The first kappa shape index (κ1) is 23.9. The van der Waals surface area contributed by atoms with Crippen LogP contribution in [0.3, 0.4) is 0 Å². The van der Waals surface area contributed by atoms with Crippen LogP contribution in [-0.2, 0) is 6.54 Å². The summed E-state index contributed by atoms with van der Waals surface area (Å²) in [7, 11) is 0. The summed E-state index contributed by atoms with van der Waals surface area (Å²) < 4.78 is 13.3. The number of piperidine rings is 1. The molecule has 1 amide bonds. The molecule has 0 spiro atoms. The Labute approximate surface area is 203 Å². The number of hydrogen-bond donors (Lipinski definition) is 2. The monoisotopic (exact) mass is 479 g/mol. The van der Waals surface area contributed by atoms with Crippen molar-refractivity contribution in [2.24, 2.45) is 11.0 Å². The zero-order valence-electron chi connectivity index (χ0n) is 19.0. The van der Waals surface area contributed by atoms with Crippen molar-refractivity contribution < 1.29 is 9.18 Å². The Balaban J connectivity index is 1.26. The van der Waals surface area contributed by atoms with Gasteiger partial charge >= 0.3 is 0 Å². The van der Waals surface area contributed by atoms with Crippen LogP contribution in [0, 0.1) is 11.7 Å². The number of nitrogens with zero attached hydrogens (tertiary/aromatic N) is 3. The fraction of sp³-hybridized carbons (Fsp3) is 0.269. The third kappa shape index (κ3) is 6.40. The molecule has 2 heterocycles. The van der Waals surface area contributed by atoms with Crippen molar-refractivity contribution in [3.63, 3.8) is 0 Å². The lowest BCUT2D eigenvalue weighted by Crippen LogP contribution is -2.36. The topological polar surface area (TPSA) is 69.6 Å². The third-order valence-corrected chi connectivity index (χ3v) is 6.34. The lowest BCUT2D eigenvalue weighted by atomic mass is 9.92. The molecule has 1 saturated heterocycles. The van der Waals surface area contributed by atoms with Gasteiger partial charge in [-0.2, -0.15) is 5.10 Å². The summed E-state index contributed by atoms with van der Waals surface area (Å²) in [5.74, 6) is -0.366. The number of nitrogens with one attached hydrogen (secondary N) is 2. The van der Waals surface area contributed by atoms with Crippen molar-refractivity contribution in [1.82, 2.24) is 15.3 Å². The standard InChI is InChI=1S/C26H27ClFN5O/c1-18(19-11-13-33(14-12-19)17-20-5-2-3-8-24(20)27)31-32-26(34)25-10-9-23(16-29-25)30-22-7-4-6-21(28)15-22/h2-10,15-16,19,30H,11-14,17H2,1H3,(H,32,34)/b31-18+. The zero-order valence-corrected chi connectivity index (χ0v) is 19.7. The fourth-order valence-corrected chi connectivity index (χ4v) is 4.19. The van der Waals surface area contributed by atoms with Crippen molar-refractivity contribution in [1.29, 1.82) is 0 Å². The summed E-state index contributed by atoms with van der Waals surface area (Å²) >= 11 is 6.29. The summed E-state index contributed by atoms with van der Waals surface area (Å²) in [6.45, 7) is 4.71. The molecule has 6 nitrogen and oxygen atoms in total. The van der Waals surface area contributed by atoms with E-state index >= 15 is 0 Å². The zero-order chi connectivity index (χ0) is 23.9. The van der Waals surface area contributed by atoms with Crippen LogP contribution in [0.1, 0.15) is 35.8 Å². The van der Waals surface area contributed by atoms with Gasteiger partial charge in [0, 0.05) is 28.9 Å². The highest BCUT2D eigenvalue weighted by atomic mass is 35.5. The lowest BCUT2D eigenvalue weighted by molar-refractivity contribution is 0.0949. The van der Waals surface area contributed by atoms with Gasteiger partial charge in [0.05, 0.1) is 11.9 Å². The van der Waals surface area contributed by atoms with E-state index in [4.69, 9.17) is 11.6 Å². The number of amides is 1. The summed E-state index contributed by atoms with van der Waals surface area (Å²) in [6, 6.07) is 17.4. The molecule has 0 radical (unpaired) electrons. The van der Waals surface area contributed by atoms with Gasteiger partial charge in [-0.15, -0.1) is 0 Å². The molecule has 2 aromatic carbocycles. The average Bonchev–Trinajstić information content (AvgIpc) is 2.85. The molecule has 1 aliphatic rings. The molecule has 0 bridgehead atoms. The van der Waals surface area contributed by atoms with Crippen LogP contribution < -0.4 is 10.7 Å². The molecule has 0 unspecified atom stereocenters. The molecule has 0 aliphatic carbocycles. The fourth-order valence-electron chi connectivity index (χ4n) is 4.00. The summed E-state index contributed by atoms with van der Waals surface area (Å²) in [4.78, 5) is 19.0. The van der Waals surface area contributed by atoms with Gasteiger partial charge in [0.1, 0.15) is 11.5 Å². The summed E-state index contributed by atoms with van der Waals surface area (Å²) in [6.07, 6.45) is 3.49. The van der Waals surface area contributed by atoms with E-state index in [0.29, 0.717) is 17.3 Å². The largest absolute Gasteiger partial charge is 0.354 e. The van der Waals surface area contributed by atoms with E-state index < -0.39 is 0 Å². The Morgan fingerprint density at radius 3 is 2.62 bits per heavy atom. The molecule has 1 fully saturated rings. The van der Waals surface area contributed by atoms with Crippen LogP contribution in [0.4, 0.5) is 15.8 Å². The number of anilines is 2. The first-order chi connectivity index (χ1) is 16.5. The first-order valence-corrected chi connectivity index (χ1v) is 11.6. The van der Waals surface area contributed by atoms with Gasteiger partial charge in [-0.1, -0.05) is 35.9 Å². The smallest absolute Gasteiger partial charge is 0.289 e. The molecular weight excluding hydrogens is 453 g/mol. The van der Waals surface area contributed by atoms with Crippen LogP contribution in [0.15, 0.2) is 72.0 Å². The summed E-state index contributed by atoms with van der Waals surface area (Å²) in [5.41, 5.74) is 6.20. The number of benzene rings is 2. The minimum absolute atomic E-state index is 0.260. The highest BCUT2D eigenvalue weighted by Crippen LogP contribution is 2.23. The van der Waals surface area contributed by atoms with Crippen LogP contribution in [0.5, 0.6) is 0 Å². The van der Waals surface area contributed by atoms with Gasteiger partial charge in [-0.05, 0) is 74.8 Å². The Morgan fingerprint density at radius 1 is 1.12 bits per heavy atom. The van der Waals surface area contributed by atoms with Gasteiger partial charge < -0.3 is 5.32 Å². The van der Waals surface area contributed by atoms with Crippen molar-refractivity contribution in [2.45, 2.75) is 26.3 Å². The minimum Gasteiger partial charge on any atom is -0.354 e. The number of pyridine rings is 1. The molecule has 4 rings (SSSR count). The highest BCUT2D eigenvalue weighted by molar-refractivity contribution is 6.31. The Kier molecular flexibility index (Phi) is 7.87. The van der Waals surface area contributed by atoms with Crippen molar-refractivity contribution in [3.8, 4) is 0 Å². The lowest BCUT2D eigenvalue weighted by Gasteiger charge is -2.32. The predicted molar refractivity (Wildman–Crippen MR) is 134 cm³/mol. The number of hydrogen-bond acceptors (Lipinski definition) is 5. The predicted octanol–water partition coefficient (Wildman–Crippen LogP) is 5.64. The Hall–Kier alpha value is -3.29. The van der Waals surface area contributed by atoms with Gasteiger partial charge in [0.2, 0.25) is 0 Å². The maximum atomic E-state index is 13.3. The summed E-state index contributed by atoms with van der Waals surface area (Å²) in [5, 5.41) is 8.18. The van der Waals surface area contributed by atoms with E-state index in [0.717, 1.165) is 48.8 Å². The van der Waals surface area contributed by atoms with Crippen LogP contribution in [-0.4, -0.2) is 34.6 Å². The second-order valence-corrected chi connectivity index (χ2v) is 8.81. The van der Waals surface area contributed by atoms with E-state index in [9.17, 15) is 9.18 Å². The van der Waals surface area contributed by atoms with E-state index in [2.05, 4.69) is 31.8 Å². The molecule has 0 atom stereocenters. The Morgan fingerprint density at radius 2 is 1.91 bits per heavy atom. The Bertz CT molecular complexity index is 1160. The molecule has 8 heteroatoms. The van der Waals surface area contributed by atoms with Gasteiger partial charge in [-0.3, -0.25) is 9.69 Å². The number of carbonyl (C=O) groups excluding carboxylic acids is 1. The SMILES string of the molecule is C/C(=N\NC(=O)c1ccc(Nc2cccc(F)c2)cn1)C1CCN(Cc2ccccc2Cl)CC1. The second-order valence-electron chi connectivity index (χ2n) is 8.40. The highest BCUT2D eigenvalue weighted by Gasteiger charge is 2.22. The van der Waals surface area contributed by atoms with E-state index in [1.807, 2.05) is 25.1 Å². The van der Waals surface area contributed by atoms with Crippen molar-refractivity contribution >= 4 is 34.6 Å². The van der Waals surface area contributed by atoms with Gasteiger partial charge in [0.15, 0.2) is 0 Å². The average molecular weight is 480 g/mol. The van der Waals surface area contributed by atoms with Crippen molar-refractivity contribution in [3.05, 3.63) is 89.0 Å². The van der Waals surface area contributed by atoms with E-state index in [-0.39, 0.29) is 17.4 Å². The van der Waals surface area contributed by atoms with E-state index in [1.54, 1.807) is 24.3 Å². The molecule has 3 aromatic rings. The van der Waals surface area contributed by atoms with Crippen LogP contribution in [0.25, 0.3) is 0 Å².